The zero-order valence-electron chi connectivity index (χ0n) is 11.3. The van der Waals surface area contributed by atoms with E-state index in [0.29, 0.717) is 5.96 Å². The van der Waals surface area contributed by atoms with Crippen LogP contribution in [0.2, 0.25) is 0 Å². The van der Waals surface area contributed by atoms with Crippen molar-refractivity contribution >= 4 is 33.8 Å². The summed E-state index contributed by atoms with van der Waals surface area (Å²) < 4.78 is 0. The average molecular weight is 274 g/mol. The van der Waals surface area contributed by atoms with E-state index in [4.69, 9.17) is 0 Å². The zero-order valence-corrected chi connectivity index (χ0v) is 11.3. The minimum Gasteiger partial charge on any atom is -0.324 e. The van der Waals surface area contributed by atoms with E-state index in [1.165, 1.54) is 5.39 Å². The second-order valence-electron chi connectivity index (χ2n) is 4.88. The zero-order chi connectivity index (χ0) is 14.1. The van der Waals surface area contributed by atoms with Crippen molar-refractivity contribution in [3.05, 3.63) is 66.7 Å². The van der Waals surface area contributed by atoms with Crippen LogP contribution in [0.1, 0.15) is 0 Å². The standard InChI is InChI=1S/C17H14N4/c1-2-8-13(9-3-1)20-21-17-18-14-10-4-6-12-7-5-11-15(19-17)16(12)14/h1-11,20H,(H2,18,19,21). The van der Waals surface area contributed by atoms with Gasteiger partial charge in [0.2, 0.25) is 5.96 Å². The van der Waals surface area contributed by atoms with Crippen molar-refractivity contribution < 1.29 is 0 Å². The van der Waals surface area contributed by atoms with Gasteiger partial charge in [0.25, 0.3) is 0 Å². The highest BCUT2D eigenvalue weighted by atomic mass is 15.4. The molecule has 1 heterocycles. The predicted octanol–water partition coefficient (Wildman–Crippen LogP) is 3.87. The normalized spacial score (nSPS) is 12.5. The Morgan fingerprint density at radius 3 is 2.43 bits per heavy atom. The van der Waals surface area contributed by atoms with Gasteiger partial charge >= 0.3 is 0 Å². The molecule has 4 nitrogen and oxygen atoms in total. The van der Waals surface area contributed by atoms with E-state index in [2.05, 4.69) is 39.4 Å². The Hall–Kier alpha value is -3.01. The van der Waals surface area contributed by atoms with Gasteiger partial charge in [-0.1, -0.05) is 42.5 Å². The first-order valence-corrected chi connectivity index (χ1v) is 6.85. The Labute approximate surface area is 122 Å². The van der Waals surface area contributed by atoms with Crippen molar-refractivity contribution in [2.75, 3.05) is 10.7 Å². The van der Waals surface area contributed by atoms with Crippen LogP contribution < -0.4 is 16.2 Å². The minimum atomic E-state index is 0.685. The van der Waals surface area contributed by atoms with E-state index in [1.807, 2.05) is 48.5 Å². The average Bonchev–Trinajstić information content (AvgIpc) is 2.54. The van der Waals surface area contributed by atoms with Gasteiger partial charge in [-0.25, -0.2) is 4.99 Å². The van der Waals surface area contributed by atoms with E-state index < -0.39 is 0 Å². The van der Waals surface area contributed by atoms with Crippen LogP contribution in [0.4, 0.5) is 17.1 Å². The minimum absolute atomic E-state index is 0.685. The third-order valence-electron chi connectivity index (χ3n) is 3.47. The molecule has 4 rings (SSSR count). The molecule has 0 amide bonds. The molecule has 4 heteroatoms. The SMILES string of the molecule is c1ccc(NNC2=Nc3cccc4cccc(c34)N2)cc1. The van der Waals surface area contributed by atoms with Crippen LogP contribution in [0.5, 0.6) is 0 Å². The van der Waals surface area contributed by atoms with Crippen molar-refractivity contribution in [3.8, 4) is 0 Å². The van der Waals surface area contributed by atoms with Gasteiger partial charge in [0.1, 0.15) is 0 Å². The lowest BCUT2D eigenvalue weighted by Crippen LogP contribution is -2.36. The van der Waals surface area contributed by atoms with Crippen LogP contribution >= 0.6 is 0 Å². The number of aliphatic imine (C=N–C) groups is 1. The Balaban J connectivity index is 1.64. The predicted molar refractivity (Wildman–Crippen MR) is 87.9 cm³/mol. The topological polar surface area (TPSA) is 48.5 Å². The summed E-state index contributed by atoms with van der Waals surface area (Å²) in [6.07, 6.45) is 0. The smallest absolute Gasteiger partial charge is 0.220 e. The van der Waals surface area contributed by atoms with Crippen LogP contribution in [-0.2, 0) is 0 Å². The molecule has 0 saturated carbocycles. The summed E-state index contributed by atoms with van der Waals surface area (Å²) in [4.78, 5) is 4.61. The van der Waals surface area contributed by atoms with Crippen LogP contribution in [-0.4, -0.2) is 5.96 Å². The Bertz CT molecular complexity index is 819. The number of nitrogens with one attached hydrogen (secondary N) is 3. The molecule has 3 aromatic rings. The van der Waals surface area contributed by atoms with Gasteiger partial charge < -0.3 is 5.32 Å². The summed E-state index contributed by atoms with van der Waals surface area (Å²) in [7, 11) is 0. The van der Waals surface area contributed by atoms with Crippen molar-refractivity contribution in [2.24, 2.45) is 4.99 Å². The number of para-hydroxylation sites is 1. The Morgan fingerprint density at radius 1 is 0.762 bits per heavy atom. The molecule has 0 spiro atoms. The van der Waals surface area contributed by atoms with Gasteiger partial charge in [-0.15, -0.1) is 0 Å². The third-order valence-corrected chi connectivity index (χ3v) is 3.47. The molecule has 0 unspecified atom stereocenters. The first-order valence-electron chi connectivity index (χ1n) is 6.85. The lowest BCUT2D eigenvalue weighted by Gasteiger charge is -2.20. The molecule has 1 aliphatic heterocycles. The van der Waals surface area contributed by atoms with E-state index >= 15 is 0 Å². The Morgan fingerprint density at radius 2 is 1.57 bits per heavy atom. The highest BCUT2D eigenvalue weighted by Gasteiger charge is 2.13. The highest BCUT2D eigenvalue weighted by Crippen LogP contribution is 2.35. The summed E-state index contributed by atoms with van der Waals surface area (Å²) >= 11 is 0. The van der Waals surface area contributed by atoms with Crippen LogP contribution in [0, 0.1) is 0 Å². The number of rotatable bonds is 2. The molecular formula is C17H14N4. The third kappa shape index (κ3) is 2.17. The number of hydrogen-bond acceptors (Lipinski definition) is 4. The first kappa shape index (κ1) is 11.8. The summed E-state index contributed by atoms with van der Waals surface area (Å²) in [6, 6.07) is 22.3. The van der Waals surface area contributed by atoms with Gasteiger partial charge in [0.15, 0.2) is 0 Å². The fraction of sp³-hybridized carbons (Fsp3) is 0. The highest BCUT2D eigenvalue weighted by molar-refractivity contribution is 6.13. The first-order chi connectivity index (χ1) is 10.4. The molecule has 0 saturated heterocycles. The van der Waals surface area contributed by atoms with E-state index in [0.717, 1.165) is 22.4 Å². The molecule has 0 bridgehead atoms. The molecule has 1 aliphatic rings. The number of hydrazine groups is 1. The summed E-state index contributed by atoms with van der Waals surface area (Å²) in [5.41, 5.74) is 9.27. The van der Waals surface area contributed by atoms with Crippen LogP contribution in [0.3, 0.4) is 0 Å². The molecule has 102 valence electrons. The maximum atomic E-state index is 4.61. The fourth-order valence-corrected chi connectivity index (χ4v) is 2.51. The molecular weight excluding hydrogens is 260 g/mol. The molecule has 0 radical (unpaired) electrons. The number of nitrogens with zero attached hydrogens (tertiary/aromatic N) is 1. The Kier molecular flexibility index (Phi) is 2.71. The lowest BCUT2D eigenvalue weighted by atomic mass is 10.1. The molecule has 21 heavy (non-hydrogen) atoms. The quantitative estimate of drug-likeness (QED) is 0.622. The van der Waals surface area contributed by atoms with Crippen molar-refractivity contribution in [2.45, 2.75) is 0 Å². The van der Waals surface area contributed by atoms with Gasteiger partial charge in [0.05, 0.1) is 17.1 Å². The van der Waals surface area contributed by atoms with Crippen molar-refractivity contribution in [1.82, 2.24) is 5.43 Å². The van der Waals surface area contributed by atoms with Gasteiger partial charge in [0, 0.05) is 5.39 Å². The van der Waals surface area contributed by atoms with Crippen LogP contribution in [0.15, 0.2) is 71.7 Å². The monoisotopic (exact) mass is 274 g/mol. The number of guanidine groups is 1. The maximum Gasteiger partial charge on any atom is 0.220 e. The van der Waals surface area contributed by atoms with E-state index in [9.17, 15) is 0 Å². The second kappa shape index (κ2) is 4.83. The van der Waals surface area contributed by atoms with E-state index in [-0.39, 0.29) is 0 Å². The molecule has 3 N–H and O–H groups in total. The fourth-order valence-electron chi connectivity index (χ4n) is 2.51. The molecule has 0 fully saturated rings. The molecule has 0 aromatic heterocycles. The van der Waals surface area contributed by atoms with E-state index in [1.54, 1.807) is 0 Å². The second-order valence-corrected chi connectivity index (χ2v) is 4.88. The number of benzene rings is 3. The number of anilines is 2. The largest absolute Gasteiger partial charge is 0.324 e. The summed E-state index contributed by atoms with van der Waals surface area (Å²) in [5, 5.41) is 5.66. The molecule has 0 atom stereocenters. The lowest BCUT2D eigenvalue weighted by molar-refractivity contribution is 1.10. The molecule has 3 aromatic carbocycles. The number of hydrogen-bond donors (Lipinski definition) is 3. The van der Waals surface area contributed by atoms with Crippen LogP contribution in [0.25, 0.3) is 10.8 Å². The maximum absolute atomic E-state index is 4.61. The summed E-state index contributed by atoms with van der Waals surface area (Å²) in [5.74, 6) is 0.685. The van der Waals surface area contributed by atoms with Gasteiger partial charge in [-0.05, 0) is 29.7 Å². The van der Waals surface area contributed by atoms with Gasteiger partial charge in [-0.2, -0.15) is 0 Å². The van der Waals surface area contributed by atoms with Gasteiger partial charge in [-0.3, -0.25) is 10.9 Å². The van der Waals surface area contributed by atoms with Crippen molar-refractivity contribution in [3.63, 3.8) is 0 Å². The summed E-state index contributed by atoms with van der Waals surface area (Å²) in [6.45, 7) is 0. The molecule has 0 aliphatic carbocycles. The van der Waals surface area contributed by atoms with Crippen molar-refractivity contribution in [1.29, 1.82) is 0 Å².